The molecule has 0 fully saturated rings. The molecule has 3 rings (SSSR count). The normalized spacial score (nSPS) is 11.6. The van der Waals surface area contributed by atoms with Gasteiger partial charge in [0, 0.05) is 23.9 Å². The largest absolute Gasteiger partial charge is 0.573 e. The molecule has 6 nitrogen and oxygen atoms in total. The quantitative estimate of drug-likeness (QED) is 0.368. The molecule has 2 N–H and O–H groups in total. The van der Waals surface area contributed by atoms with Crippen molar-refractivity contribution in [1.82, 2.24) is 14.9 Å². The predicted octanol–water partition coefficient (Wildman–Crippen LogP) is 6.07. The highest BCUT2D eigenvalue weighted by Crippen LogP contribution is 2.31. The number of benzene rings is 2. The number of aryl methyl sites for hydroxylation is 3. The van der Waals surface area contributed by atoms with E-state index in [1.165, 1.54) is 18.2 Å². The Hall–Kier alpha value is -3.33. The maximum Gasteiger partial charge on any atom is 0.573 e. The number of hydrogen-bond acceptors (Lipinski definition) is 6. The van der Waals surface area contributed by atoms with Gasteiger partial charge in [-0.25, -0.2) is 4.98 Å². The number of rotatable bonds is 9. The van der Waals surface area contributed by atoms with Gasteiger partial charge in [-0.05, 0) is 71.1 Å². The Balaban J connectivity index is 1.96. The van der Waals surface area contributed by atoms with Crippen LogP contribution in [0.2, 0.25) is 0 Å². The highest BCUT2D eigenvalue weighted by atomic mass is 19.4. The van der Waals surface area contributed by atoms with Gasteiger partial charge in [-0.2, -0.15) is 4.98 Å². The number of hydrogen-bond donors (Lipinski definition) is 2. The van der Waals surface area contributed by atoms with Crippen molar-refractivity contribution in [2.24, 2.45) is 0 Å². The third-order valence-corrected chi connectivity index (χ3v) is 5.08. The maximum atomic E-state index is 12.7. The monoisotopic (exact) mass is 473 g/mol. The van der Waals surface area contributed by atoms with Crippen LogP contribution in [0.3, 0.4) is 0 Å². The van der Waals surface area contributed by atoms with Crippen LogP contribution in [-0.2, 0) is 0 Å². The number of halogens is 3. The number of nitrogens with one attached hydrogen (secondary N) is 2. The van der Waals surface area contributed by atoms with Crippen LogP contribution in [0.25, 0.3) is 11.3 Å². The van der Waals surface area contributed by atoms with Gasteiger partial charge in [0.2, 0.25) is 5.95 Å². The van der Waals surface area contributed by atoms with Gasteiger partial charge in [0.05, 0.1) is 5.69 Å². The zero-order valence-electron chi connectivity index (χ0n) is 20.0. The van der Waals surface area contributed by atoms with Crippen molar-refractivity contribution in [2.75, 3.05) is 37.8 Å². The van der Waals surface area contributed by atoms with Crippen LogP contribution in [0.4, 0.5) is 30.6 Å². The number of nitrogens with zero attached hydrogens (tertiary/aromatic N) is 3. The van der Waals surface area contributed by atoms with Gasteiger partial charge >= 0.3 is 6.36 Å². The molecule has 0 saturated carbocycles. The first-order valence-corrected chi connectivity index (χ1v) is 11.0. The minimum absolute atomic E-state index is 0.302. The van der Waals surface area contributed by atoms with E-state index in [1.54, 1.807) is 12.1 Å². The lowest BCUT2D eigenvalue weighted by Gasteiger charge is -2.16. The van der Waals surface area contributed by atoms with E-state index in [2.05, 4.69) is 42.4 Å². The van der Waals surface area contributed by atoms with E-state index >= 15 is 0 Å². The van der Waals surface area contributed by atoms with E-state index in [1.807, 2.05) is 34.9 Å². The number of aromatic nitrogens is 2. The van der Waals surface area contributed by atoms with Gasteiger partial charge in [0.1, 0.15) is 11.6 Å². The van der Waals surface area contributed by atoms with Gasteiger partial charge in [-0.15, -0.1) is 13.2 Å². The van der Waals surface area contributed by atoms with E-state index in [0.29, 0.717) is 29.6 Å². The Morgan fingerprint density at radius 1 is 0.971 bits per heavy atom. The number of alkyl halides is 3. The summed E-state index contributed by atoms with van der Waals surface area (Å²) in [6.07, 6.45) is -3.88. The van der Waals surface area contributed by atoms with Gasteiger partial charge in [0.15, 0.2) is 0 Å². The molecule has 1 heterocycles. The molecule has 1 aromatic heterocycles. The average molecular weight is 474 g/mol. The highest BCUT2D eigenvalue weighted by Gasteiger charge is 2.31. The molecule has 0 spiro atoms. The molecule has 0 unspecified atom stereocenters. The molecule has 0 bridgehead atoms. The third-order valence-electron chi connectivity index (χ3n) is 5.08. The summed E-state index contributed by atoms with van der Waals surface area (Å²) in [6.45, 7) is 7.63. The van der Waals surface area contributed by atoms with E-state index in [0.717, 1.165) is 35.3 Å². The van der Waals surface area contributed by atoms with E-state index in [-0.39, 0.29) is 5.75 Å². The van der Waals surface area contributed by atoms with Gasteiger partial charge < -0.3 is 20.3 Å². The van der Waals surface area contributed by atoms with E-state index in [9.17, 15) is 13.2 Å². The first kappa shape index (κ1) is 25.3. The molecule has 3 aromatic rings. The summed E-state index contributed by atoms with van der Waals surface area (Å²) in [4.78, 5) is 11.2. The van der Waals surface area contributed by atoms with Gasteiger partial charge in [-0.1, -0.05) is 29.8 Å². The molecular formula is C25H30F3N5O. The summed E-state index contributed by atoms with van der Waals surface area (Å²) < 4.78 is 42.2. The molecule has 9 heteroatoms. The second-order valence-corrected chi connectivity index (χ2v) is 8.52. The summed E-state index contributed by atoms with van der Waals surface area (Å²) in [5.41, 5.74) is 5.19. The third kappa shape index (κ3) is 7.34. The SMILES string of the molecule is Cc1cc(C)c(Nc2cc(-c3cccc(OC(F)(F)F)c3)nc(NCCCN(C)C)n2)c(C)c1. The molecule has 0 amide bonds. The topological polar surface area (TPSA) is 62.3 Å². The van der Waals surface area contributed by atoms with Crippen LogP contribution in [-0.4, -0.2) is 48.4 Å². The second-order valence-electron chi connectivity index (χ2n) is 8.52. The Morgan fingerprint density at radius 2 is 1.68 bits per heavy atom. The smallest absolute Gasteiger partial charge is 0.406 e. The Kier molecular flexibility index (Phi) is 7.98. The zero-order valence-corrected chi connectivity index (χ0v) is 20.0. The molecule has 0 aliphatic rings. The van der Waals surface area contributed by atoms with Crippen molar-refractivity contribution in [1.29, 1.82) is 0 Å². The first-order valence-electron chi connectivity index (χ1n) is 11.0. The molecule has 0 aliphatic carbocycles. The average Bonchev–Trinajstić information content (AvgIpc) is 2.72. The summed E-state index contributed by atoms with van der Waals surface area (Å²) >= 11 is 0. The Morgan fingerprint density at radius 3 is 2.32 bits per heavy atom. The molecule has 2 aromatic carbocycles. The summed E-state index contributed by atoms with van der Waals surface area (Å²) in [5.74, 6) is 0.629. The van der Waals surface area contributed by atoms with Crippen molar-refractivity contribution in [3.8, 4) is 17.0 Å². The van der Waals surface area contributed by atoms with Gasteiger partial charge in [-0.3, -0.25) is 0 Å². The predicted molar refractivity (Wildman–Crippen MR) is 130 cm³/mol. The molecule has 182 valence electrons. The standard InChI is InChI=1S/C25H30F3N5O/c1-16-12-17(2)23(18(3)13-16)31-22-15-21(30-24(32-22)29-10-7-11-33(4)5)19-8-6-9-20(14-19)34-25(26,27)28/h6,8-9,12-15H,7,10-11H2,1-5H3,(H2,29,30,31,32). The molecule has 0 atom stereocenters. The minimum Gasteiger partial charge on any atom is -0.406 e. The van der Waals surface area contributed by atoms with Crippen molar-refractivity contribution < 1.29 is 17.9 Å². The van der Waals surface area contributed by atoms with Crippen LogP contribution in [0, 0.1) is 20.8 Å². The lowest BCUT2D eigenvalue weighted by Crippen LogP contribution is -2.17. The van der Waals surface area contributed by atoms with Crippen molar-refractivity contribution >= 4 is 17.5 Å². The Labute approximate surface area is 198 Å². The van der Waals surface area contributed by atoms with Crippen LogP contribution in [0.15, 0.2) is 42.5 Å². The number of anilines is 3. The summed E-state index contributed by atoms with van der Waals surface area (Å²) in [6, 6.07) is 11.6. The molecule has 34 heavy (non-hydrogen) atoms. The van der Waals surface area contributed by atoms with Crippen LogP contribution in [0.1, 0.15) is 23.1 Å². The van der Waals surface area contributed by atoms with Gasteiger partial charge in [0.25, 0.3) is 0 Å². The van der Waals surface area contributed by atoms with E-state index in [4.69, 9.17) is 0 Å². The second kappa shape index (κ2) is 10.7. The van der Waals surface area contributed by atoms with Crippen molar-refractivity contribution in [2.45, 2.75) is 33.6 Å². The van der Waals surface area contributed by atoms with Crippen LogP contribution in [0.5, 0.6) is 5.75 Å². The zero-order chi connectivity index (χ0) is 24.9. The number of ether oxygens (including phenoxy) is 1. The van der Waals surface area contributed by atoms with Crippen molar-refractivity contribution in [3.63, 3.8) is 0 Å². The minimum atomic E-state index is -4.77. The fourth-order valence-electron chi connectivity index (χ4n) is 3.69. The van der Waals surface area contributed by atoms with E-state index < -0.39 is 6.36 Å². The highest BCUT2D eigenvalue weighted by molar-refractivity contribution is 5.71. The lowest BCUT2D eigenvalue weighted by atomic mass is 10.1. The lowest BCUT2D eigenvalue weighted by molar-refractivity contribution is -0.274. The van der Waals surface area contributed by atoms with Crippen LogP contribution < -0.4 is 15.4 Å². The van der Waals surface area contributed by atoms with Crippen LogP contribution >= 0.6 is 0 Å². The first-order chi connectivity index (χ1) is 16.0. The molecule has 0 radical (unpaired) electrons. The Bertz CT molecular complexity index is 1110. The molecular weight excluding hydrogens is 443 g/mol. The molecule has 0 saturated heterocycles. The summed E-state index contributed by atoms with van der Waals surface area (Å²) in [7, 11) is 4.00. The fourth-order valence-corrected chi connectivity index (χ4v) is 3.69. The van der Waals surface area contributed by atoms with Crippen molar-refractivity contribution in [3.05, 3.63) is 59.2 Å². The fraction of sp³-hybridized carbons (Fsp3) is 0.360. The maximum absolute atomic E-state index is 12.7. The molecule has 0 aliphatic heterocycles. The summed E-state index contributed by atoms with van der Waals surface area (Å²) in [5, 5.41) is 6.60.